The zero-order chi connectivity index (χ0) is 10.1. The molecule has 3 N–H and O–H groups in total. The van der Waals surface area contributed by atoms with Crippen molar-refractivity contribution in [2.75, 3.05) is 7.11 Å². The fraction of sp³-hybridized carbons (Fsp3) is 0.300. The first-order chi connectivity index (χ1) is 6.70. The number of hydrogen-bond donors (Lipinski definition) is 2. The molecule has 1 aromatic heterocycles. The van der Waals surface area contributed by atoms with Crippen molar-refractivity contribution in [3.05, 3.63) is 34.8 Å². The van der Waals surface area contributed by atoms with Crippen molar-refractivity contribution in [3.63, 3.8) is 0 Å². The molecule has 1 heterocycles. The van der Waals surface area contributed by atoms with Gasteiger partial charge in [0.25, 0.3) is 0 Å². The van der Waals surface area contributed by atoms with Gasteiger partial charge in [-0.25, -0.2) is 4.79 Å². The van der Waals surface area contributed by atoms with Gasteiger partial charge in [0, 0.05) is 17.8 Å². The lowest BCUT2D eigenvalue weighted by Crippen LogP contribution is -2.08. The maximum absolute atomic E-state index is 11.2. The van der Waals surface area contributed by atoms with Gasteiger partial charge in [-0.05, 0) is 18.1 Å². The molecule has 0 radical (unpaired) electrons. The van der Waals surface area contributed by atoms with Crippen molar-refractivity contribution in [1.29, 1.82) is 0 Å². The highest BCUT2D eigenvalue weighted by atomic mass is 16.5. The van der Waals surface area contributed by atoms with Crippen LogP contribution in [0.25, 0.3) is 0 Å². The van der Waals surface area contributed by atoms with E-state index in [1.807, 2.05) is 12.1 Å². The van der Waals surface area contributed by atoms with Crippen LogP contribution in [-0.4, -0.2) is 18.1 Å². The summed E-state index contributed by atoms with van der Waals surface area (Å²) >= 11 is 0. The average molecular weight is 192 g/mol. The third-order valence-electron chi connectivity index (χ3n) is 2.36. The summed E-state index contributed by atoms with van der Waals surface area (Å²) in [5, 5.41) is 0. The molecule has 0 saturated carbocycles. The fourth-order valence-electron chi connectivity index (χ4n) is 1.62. The number of esters is 1. The number of carbonyl (C=O) groups excluding carboxylic acids is 1. The van der Waals surface area contributed by atoms with Crippen molar-refractivity contribution in [2.45, 2.75) is 12.8 Å². The second-order valence-electron chi connectivity index (χ2n) is 3.34. The number of hydrogen-bond acceptors (Lipinski definition) is 3. The SMILES string of the molecule is COC(=O)c1cc2c([nH]1)CC(N)=CC2. The zero-order valence-corrected chi connectivity index (χ0v) is 7.96. The molecule has 14 heavy (non-hydrogen) atoms. The predicted molar refractivity (Wildman–Crippen MR) is 51.8 cm³/mol. The average Bonchev–Trinajstić information content (AvgIpc) is 2.59. The van der Waals surface area contributed by atoms with Gasteiger partial charge in [-0.1, -0.05) is 6.08 Å². The van der Waals surface area contributed by atoms with Gasteiger partial charge in [-0.15, -0.1) is 0 Å². The molecule has 1 aromatic rings. The minimum absolute atomic E-state index is 0.335. The van der Waals surface area contributed by atoms with E-state index in [9.17, 15) is 4.79 Å². The van der Waals surface area contributed by atoms with Crippen molar-refractivity contribution in [2.24, 2.45) is 5.73 Å². The molecule has 0 aliphatic heterocycles. The normalized spacial score (nSPS) is 14.5. The number of ether oxygens (including phenoxy) is 1. The molecule has 4 nitrogen and oxygen atoms in total. The third kappa shape index (κ3) is 1.39. The Morgan fingerprint density at radius 2 is 2.43 bits per heavy atom. The Bertz CT molecular complexity index is 404. The van der Waals surface area contributed by atoms with E-state index in [1.54, 1.807) is 0 Å². The molecule has 0 unspecified atom stereocenters. The first-order valence-electron chi connectivity index (χ1n) is 4.44. The summed E-state index contributed by atoms with van der Waals surface area (Å²) in [5.74, 6) is -0.335. The number of aromatic amines is 1. The summed E-state index contributed by atoms with van der Waals surface area (Å²) in [4.78, 5) is 14.2. The highest BCUT2D eigenvalue weighted by Crippen LogP contribution is 2.19. The van der Waals surface area contributed by atoms with Crippen molar-refractivity contribution < 1.29 is 9.53 Å². The molecule has 74 valence electrons. The second kappa shape index (κ2) is 3.21. The molecule has 0 spiro atoms. The molecule has 0 saturated heterocycles. The molecule has 4 heteroatoms. The Hall–Kier alpha value is -1.71. The summed E-state index contributed by atoms with van der Waals surface area (Å²) in [7, 11) is 1.37. The molecule has 0 amide bonds. The molecular formula is C10H12N2O2. The van der Waals surface area contributed by atoms with Crippen LogP contribution in [0.3, 0.4) is 0 Å². The minimum Gasteiger partial charge on any atom is -0.464 e. The number of carbonyl (C=O) groups is 1. The van der Waals surface area contributed by atoms with Gasteiger partial charge in [-0.3, -0.25) is 0 Å². The van der Waals surface area contributed by atoms with E-state index in [2.05, 4.69) is 9.72 Å². The third-order valence-corrected chi connectivity index (χ3v) is 2.36. The van der Waals surface area contributed by atoms with Crippen LogP contribution < -0.4 is 5.73 Å². The number of nitrogens with one attached hydrogen (secondary N) is 1. The van der Waals surface area contributed by atoms with Gasteiger partial charge in [-0.2, -0.15) is 0 Å². The van der Waals surface area contributed by atoms with Crippen LogP contribution >= 0.6 is 0 Å². The number of nitrogens with two attached hydrogens (primary N) is 1. The zero-order valence-electron chi connectivity index (χ0n) is 7.96. The van der Waals surface area contributed by atoms with Crippen molar-refractivity contribution in [3.8, 4) is 0 Å². The summed E-state index contributed by atoms with van der Waals surface area (Å²) in [6.07, 6.45) is 3.44. The van der Waals surface area contributed by atoms with Gasteiger partial charge in [0.1, 0.15) is 5.69 Å². The first kappa shape index (κ1) is 8.87. The maximum Gasteiger partial charge on any atom is 0.354 e. The van der Waals surface area contributed by atoms with E-state index in [-0.39, 0.29) is 5.97 Å². The Morgan fingerprint density at radius 1 is 1.64 bits per heavy atom. The van der Waals surface area contributed by atoms with Crippen molar-refractivity contribution in [1.82, 2.24) is 4.98 Å². The van der Waals surface area contributed by atoms with Crippen LogP contribution in [0, 0.1) is 0 Å². The second-order valence-corrected chi connectivity index (χ2v) is 3.34. The summed E-state index contributed by atoms with van der Waals surface area (Å²) in [6, 6.07) is 1.82. The Balaban J connectivity index is 2.30. The van der Waals surface area contributed by atoms with Crippen LogP contribution in [0.15, 0.2) is 17.8 Å². The number of H-pyrrole nitrogens is 1. The van der Waals surface area contributed by atoms with Crippen molar-refractivity contribution >= 4 is 5.97 Å². The largest absolute Gasteiger partial charge is 0.464 e. The Morgan fingerprint density at radius 3 is 3.14 bits per heavy atom. The quantitative estimate of drug-likeness (QED) is 0.645. The number of methoxy groups -OCH3 is 1. The molecule has 0 atom stereocenters. The first-order valence-corrected chi connectivity index (χ1v) is 4.44. The molecule has 1 aliphatic rings. The van der Waals surface area contributed by atoms with E-state index >= 15 is 0 Å². The van der Waals surface area contributed by atoms with E-state index in [0.717, 1.165) is 23.4 Å². The number of allylic oxidation sites excluding steroid dienone is 2. The predicted octanol–water partition coefficient (Wildman–Crippen LogP) is 0.742. The summed E-state index contributed by atoms with van der Waals surface area (Å²) < 4.78 is 4.62. The highest BCUT2D eigenvalue weighted by Gasteiger charge is 2.16. The number of rotatable bonds is 1. The monoisotopic (exact) mass is 192 g/mol. The van der Waals surface area contributed by atoms with Gasteiger partial charge in [0.15, 0.2) is 0 Å². The minimum atomic E-state index is -0.335. The summed E-state index contributed by atoms with van der Waals surface area (Å²) in [6.45, 7) is 0. The molecule has 2 rings (SSSR count). The molecule has 0 fully saturated rings. The lowest BCUT2D eigenvalue weighted by atomic mass is 10.0. The van der Waals surface area contributed by atoms with Crippen LogP contribution in [0.2, 0.25) is 0 Å². The maximum atomic E-state index is 11.2. The lowest BCUT2D eigenvalue weighted by molar-refractivity contribution is 0.0594. The van der Waals surface area contributed by atoms with Crippen LogP contribution in [0.4, 0.5) is 0 Å². The van der Waals surface area contributed by atoms with E-state index in [1.165, 1.54) is 7.11 Å². The van der Waals surface area contributed by atoms with E-state index in [0.29, 0.717) is 12.1 Å². The summed E-state index contributed by atoms with van der Waals surface area (Å²) in [5.41, 5.74) is 9.18. The van der Waals surface area contributed by atoms with Crippen LogP contribution in [-0.2, 0) is 17.6 Å². The molecule has 0 bridgehead atoms. The van der Waals surface area contributed by atoms with Gasteiger partial charge in [0.05, 0.1) is 7.11 Å². The topological polar surface area (TPSA) is 68.1 Å². The highest BCUT2D eigenvalue weighted by molar-refractivity contribution is 5.87. The molecule has 0 aromatic carbocycles. The fourth-order valence-corrected chi connectivity index (χ4v) is 1.62. The van der Waals surface area contributed by atoms with Gasteiger partial charge in [0.2, 0.25) is 0 Å². The molecule has 1 aliphatic carbocycles. The molecular weight excluding hydrogens is 180 g/mol. The van der Waals surface area contributed by atoms with E-state index in [4.69, 9.17) is 5.73 Å². The Labute approximate surface area is 81.7 Å². The van der Waals surface area contributed by atoms with Crippen LogP contribution in [0.5, 0.6) is 0 Å². The number of fused-ring (bicyclic) bond motifs is 1. The Kier molecular flexibility index (Phi) is 2.04. The smallest absolute Gasteiger partial charge is 0.354 e. The van der Waals surface area contributed by atoms with Gasteiger partial charge < -0.3 is 15.5 Å². The van der Waals surface area contributed by atoms with Crippen LogP contribution in [0.1, 0.15) is 21.7 Å². The van der Waals surface area contributed by atoms with E-state index < -0.39 is 0 Å². The number of aromatic nitrogens is 1. The standard InChI is InChI=1S/C10H12N2O2/c1-14-10(13)9-4-6-2-3-7(11)5-8(6)12-9/h3-4,12H,2,5,11H2,1H3. The van der Waals surface area contributed by atoms with Gasteiger partial charge >= 0.3 is 5.97 Å². The lowest BCUT2D eigenvalue weighted by Gasteiger charge is -2.08.